The van der Waals surface area contributed by atoms with Crippen LogP contribution in [0.15, 0.2) is 29.2 Å². The quantitative estimate of drug-likeness (QED) is 0.429. The molecule has 0 bridgehead atoms. The normalized spacial score (nSPS) is 11.8. The third-order valence-corrected chi connectivity index (χ3v) is 5.39. The minimum atomic E-state index is -3.43. The fraction of sp³-hybridized carbons (Fsp3) is 0.400. The molecule has 0 amide bonds. The van der Waals surface area contributed by atoms with Crippen molar-refractivity contribution in [2.75, 3.05) is 13.2 Å². The molecular weight excluding hydrogens is 335 g/mol. The first-order valence-electron chi connectivity index (χ1n) is 7.48. The molecule has 0 aliphatic rings. The molecule has 24 heavy (non-hydrogen) atoms. The predicted molar refractivity (Wildman–Crippen MR) is 90.5 cm³/mol. The van der Waals surface area contributed by atoms with Crippen LogP contribution in [0.2, 0.25) is 0 Å². The van der Waals surface area contributed by atoms with Gasteiger partial charge < -0.3 is 13.6 Å². The molecule has 0 radical (unpaired) electrons. The Bertz CT molecular complexity index is 866. The number of nitro groups is 1. The molecule has 0 atom stereocenters. The van der Waals surface area contributed by atoms with E-state index in [1.54, 1.807) is 26.8 Å². The van der Waals surface area contributed by atoms with E-state index in [1.807, 2.05) is 0 Å². The van der Waals surface area contributed by atoms with Crippen molar-refractivity contribution in [3.8, 4) is 0 Å². The Hall–Kier alpha value is -2.02. The van der Waals surface area contributed by atoms with E-state index in [-0.39, 0.29) is 30.6 Å². The first-order chi connectivity index (χ1) is 11.3. The highest BCUT2D eigenvalue weighted by Gasteiger charge is 2.26. The number of benzene rings is 1. The third-order valence-electron chi connectivity index (χ3n) is 3.44. The van der Waals surface area contributed by atoms with Crippen molar-refractivity contribution in [3.63, 3.8) is 0 Å². The maximum absolute atomic E-state index is 12.8. The van der Waals surface area contributed by atoms with Crippen molar-refractivity contribution in [1.82, 2.24) is 4.57 Å². The smallest absolute Gasteiger partial charge is 0.335 e. The molecule has 0 unspecified atom stereocenters. The largest absolute Gasteiger partial charge is 0.350 e. The highest BCUT2D eigenvalue weighted by Crippen LogP contribution is 2.50. The summed E-state index contributed by atoms with van der Waals surface area (Å²) >= 11 is 0. The Labute approximate surface area is 138 Å². The summed E-state index contributed by atoms with van der Waals surface area (Å²) in [4.78, 5) is 23.0. The fourth-order valence-electron chi connectivity index (χ4n) is 2.53. The van der Waals surface area contributed by atoms with Gasteiger partial charge in [-0.3, -0.25) is 19.5 Å². The zero-order valence-corrected chi connectivity index (χ0v) is 14.6. The minimum absolute atomic E-state index is 0.0120. The van der Waals surface area contributed by atoms with Gasteiger partial charge in [0.2, 0.25) is 0 Å². The molecule has 1 heterocycles. The van der Waals surface area contributed by atoms with Gasteiger partial charge in [0.15, 0.2) is 5.43 Å². The zero-order valence-electron chi connectivity index (χ0n) is 13.7. The van der Waals surface area contributed by atoms with Crippen LogP contribution in [0, 0.1) is 17.0 Å². The molecule has 0 spiro atoms. The van der Waals surface area contributed by atoms with Crippen LogP contribution in [0.25, 0.3) is 10.9 Å². The summed E-state index contributed by atoms with van der Waals surface area (Å²) in [5.41, 5.74) is -0.0652. The number of nitrogens with zero attached hydrogens (tertiary/aromatic N) is 2. The molecule has 0 saturated heterocycles. The number of aromatic nitrogens is 1. The summed E-state index contributed by atoms with van der Waals surface area (Å²) in [5, 5.41) is 11.2. The van der Waals surface area contributed by atoms with Gasteiger partial charge in [-0.1, -0.05) is 6.07 Å². The number of non-ortho nitro benzene ring substituents is 1. The summed E-state index contributed by atoms with van der Waals surface area (Å²) in [6.07, 6.45) is 1.38. The van der Waals surface area contributed by atoms with Gasteiger partial charge in [-0.2, -0.15) is 0 Å². The van der Waals surface area contributed by atoms with Gasteiger partial charge in [0.1, 0.15) is 11.7 Å². The van der Waals surface area contributed by atoms with E-state index >= 15 is 0 Å². The lowest BCUT2D eigenvalue weighted by molar-refractivity contribution is -0.383. The second kappa shape index (κ2) is 7.25. The van der Waals surface area contributed by atoms with Gasteiger partial charge in [0.05, 0.1) is 23.7 Å². The molecule has 130 valence electrons. The number of pyridine rings is 1. The molecular formula is C15H19N2O6P. The van der Waals surface area contributed by atoms with E-state index in [4.69, 9.17) is 9.05 Å². The number of rotatable bonds is 7. The van der Waals surface area contributed by atoms with E-state index in [0.29, 0.717) is 11.1 Å². The molecule has 0 aliphatic heterocycles. The van der Waals surface area contributed by atoms with Gasteiger partial charge in [0, 0.05) is 17.8 Å². The van der Waals surface area contributed by atoms with Crippen LogP contribution in [0.1, 0.15) is 19.4 Å². The molecule has 0 aliphatic carbocycles. The van der Waals surface area contributed by atoms with Crippen molar-refractivity contribution < 1.29 is 18.5 Å². The molecule has 8 nitrogen and oxygen atoms in total. The van der Waals surface area contributed by atoms with E-state index < -0.39 is 17.9 Å². The van der Waals surface area contributed by atoms with E-state index in [9.17, 15) is 19.5 Å². The van der Waals surface area contributed by atoms with Crippen LogP contribution < -0.4 is 5.43 Å². The van der Waals surface area contributed by atoms with Gasteiger partial charge in [0.25, 0.3) is 5.69 Å². The lowest BCUT2D eigenvalue weighted by Gasteiger charge is -2.20. The Kier molecular flexibility index (Phi) is 5.54. The van der Waals surface area contributed by atoms with Gasteiger partial charge >= 0.3 is 7.60 Å². The fourth-order valence-corrected chi connectivity index (χ4v) is 4.16. The second-order valence-corrected chi connectivity index (χ2v) is 7.15. The van der Waals surface area contributed by atoms with Gasteiger partial charge in [-0.05, 0) is 26.8 Å². The van der Waals surface area contributed by atoms with Crippen molar-refractivity contribution in [3.05, 3.63) is 50.3 Å². The summed E-state index contributed by atoms with van der Waals surface area (Å²) < 4.78 is 24.8. The summed E-state index contributed by atoms with van der Waals surface area (Å²) in [7, 11) is -3.43. The molecule has 0 fully saturated rings. The van der Waals surface area contributed by atoms with Crippen molar-refractivity contribution in [2.45, 2.75) is 27.1 Å². The Morgan fingerprint density at radius 1 is 1.25 bits per heavy atom. The van der Waals surface area contributed by atoms with E-state index in [0.717, 1.165) is 0 Å². The number of nitro benzene ring substituents is 1. The number of hydrogen-bond acceptors (Lipinski definition) is 6. The van der Waals surface area contributed by atoms with Crippen LogP contribution >= 0.6 is 7.60 Å². The Morgan fingerprint density at radius 3 is 2.42 bits per heavy atom. The number of hydrogen-bond donors (Lipinski definition) is 0. The molecule has 0 N–H and O–H groups in total. The maximum atomic E-state index is 12.8. The second-order valence-electron chi connectivity index (χ2n) is 5.13. The highest BCUT2D eigenvalue weighted by molar-refractivity contribution is 7.52. The maximum Gasteiger partial charge on any atom is 0.350 e. The van der Waals surface area contributed by atoms with Crippen molar-refractivity contribution >= 4 is 24.2 Å². The van der Waals surface area contributed by atoms with Crippen molar-refractivity contribution in [2.24, 2.45) is 0 Å². The standard InChI is InChI=1S/C15H19N2O6P/c1-4-22-24(21,23-5-2)10-16-9-11(3)15(18)14-12(16)7-6-8-13(14)17(19)20/h6-9H,4-5,10H2,1-3H3. The predicted octanol–water partition coefficient (Wildman–Crippen LogP) is 3.44. The third kappa shape index (κ3) is 3.56. The first kappa shape index (κ1) is 18.3. The van der Waals surface area contributed by atoms with E-state index in [1.165, 1.54) is 22.9 Å². The van der Waals surface area contributed by atoms with Crippen LogP contribution in [0.4, 0.5) is 5.69 Å². The highest BCUT2D eigenvalue weighted by atomic mass is 31.2. The monoisotopic (exact) mass is 354 g/mol. The first-order valence-corrected chi connectivity index (χ1v) is 9.21. The minimum Gasteiger partial charge on any atom is -0.335 e. The summed E-state index contributed by atoms with van der Waals surface area (Å²) in [6.45, 7) is 5.36. The topological polar surface area (TPSA) is 101 Å². The Morgan fingerprint density at radius 2 is 1.88 bits per heavy atom. The average Bonchev–Trinajstić information content (AvgIpc) is 2.52. The average molecular weight is 354 g/mol. The molecule has 0 saturated carbocycles. The molecule has 9 heteroatoms. The summed E-state index contributed by atoms with van der Waals surface area (Å²) in [5.74, 6) is 0. The van der Waals surface area contributed by atoms with Gasteiger partial charge in [-0.15, -0.1) is 0 Å². The molecule has 2 rings (SSSR count). The molecule has 2 aromatic rings. The van der Waals surface area contributed by atoms with Crippen molar-refractivity contribution in [1.29, 1.82) is 0 Å². The van der Waals surface area contributed by atoms with Crippen LogP contribution in [-0.4, -0.2) is 22.7 Å². The van der Waals surface area contributed by atoms with E-state index in [2.05, 4.69) is 0 Å². The lowest BCUT2D eigenvalue weighted by Crippen LogP contribution is -2.15. The summed E-state index contributed by atoms with van der Waals surface area (Å²) in [6, 6.07) is 4.33. The zero-order chi connectivity index (χ0) is 17.9. The van der Waals surface area contributed by atoms with Crippen LogP contribution in [-0.2, 0) is 19.9 Å². The van der Waals surface area contributed by atoms with Gasteiger partial charge in [-0.25, -0.2) is 0 Å². The SMILES string of the molecule is CCOP(=O)(Cn1cc(C)c(=O)c2c([N+](=O)[O-])cccc21)OCC. The van der Waals surface area contributed by atoms with Crippen LogP contribution in [0.3, 0.4) is 0 Å². The molecule has 1 aromatic carbocycles. The number of fused-ring (bicyclic) bond motifs is 1. The number of aryl methyl sites for hydroxylation is 1. The van der Waals surface area contributed by atoms with Crippen LogP contribution in [0.5, 0.6) is 0 Å². The molecule has 1 aromatic heterocycles. The lowest BCUT2D eigenvalue weighted by atomic mass is 10.1. The Balaban J connectivity index is 2.70.